The number of ketones is 1. The molecule has 2 aromatic carbocycles. The molecule has 1 aromatic heterocycles. The van der Waals surface area contributed by atoms with E-state index in [9.17, 15) is 14.7 Å². The molecular weight excluding hydrogens is 400 g/mol. The minimum atomic E-state index is -0.940. The van der Waals surface area contributed by atoms with Crippen LogP contribution in [0, 0.1) is 5.92 Å². The van der Waals surface area contributed by atoms with Crippen molar-refractivity contribution in [2.24, 2.45) is 5.92 Å². The number of rotatable bonds is 8. The summed E-state index contributed by atoms with van der Waals surface area (Å²) in [5.74, 6) is -1.42. The molecule has 0 amide bonds. The van der Waals surface area contributed by atoms with E-state index in [1.165, 1.54) is 11.8 Å². The van der Waals surface area contributed by atoms with E-state index in [2.05, 4.69) is 0 Å². The van der Waals surface area contributed by atoms with Crippen LogP contribution in [-0.4, -0.2) is 22.6 Å². The van der Waals surface area contributed by atoms with Crippen LogP contribution in [0.5, 0.6) is 0 Å². The number of thioether (sulfide) groups is 1. The lowest BCUT2D eigenvalue weighted by molar-refractivity contribution is -0.140. The molecule has 0 bridgehead atoms. The summed E-state index contributed by atoms with van der Waals surface area (Å²) in [7, 11) is 0. The van der Waals surface area contributed by atoms with Gasteiger partial charge in [0.2, 0.25) is 0 Å². The van der Waals surface area contributed by atoms with Gasteiger partial charge in [0.1, 0.15) is 0 Å². The highest BCUT2D eigenvalue weighted by Gasteiger charge is 2.22. The summed E-state index contributed by atoms with van der Waals surface area (Å²) in [5, 5.41) is 12.1. The van der Waals surface area contributed by atoms with Crippen LogP contribution in [0.15, 0.2) is 70.3 Å². The van der Waals surface area contributed by atoms with Crippen LogP contribution < -0.4 is 0 Å². The number of aliphatic carboxylic acids is 1. The number of halogens is 1. The lowest BCUT2D eigenvalue weighted by Crippen LogP contribution is -2.20. The fourth-order valence-electron chi connectivity index (χ4n) is 2.58. The molecule has 3 rings (SSSR count). The standard InChI is InChI=1S/C21H17ClO3S2/c22-18-9-7-15(8-10-18)14-3-5-16(6-4-14)19(23)12-17(21(24)25)13-27-20-2-1-11-26-20/h1-11,17H,12-13H2,(H,24,25). The number of carboxylic acid groups (broad SMARTS) is 1. The van der Waals surface area contributed by atoms with Crippen LogP contribution in [0.4, 0.5) is 0 Å². The Labute approximate surface area is 171 Å². The predicted molar refractivity (Wildman–Crippen MR) is 112 cm³/mol. The summed E-state index contributed by atoms with van der Waals surface area (Å²) in [6, 6.07) is 18.6. The Kier molecular flexibility index (Phi) is 6.72. The minimum absolute atomic E-state index is 0.00595. The molecule has 0 radical (unpaired) electrons. The molecule has 3 aromatic rings. The van der Waals surface area contributed by atoms with Gasteiger partial charge in [-0.15, -0.1) is 23.1 Å². The maximum absolute atomic E-state index is 12.5. The lowest BCUT2D eigenvalue weighted by atomic mass is 9.97. The summed E-state index contributed by atoms with van der Waals surface area (Å²) >= 11 is 8.95. The molecule has 1 atom stereocenters. The number of carbonyl (C=O) groups excluding carboxylic acids is 1. The summed E-state index contributed by atoms with van der Waals surface area (Å²) in [6.07, 6.45) is -0.00595. The fourth-order valence-corrected chi connectivity index (χ4v) is 4.60. The first-order valence-electron chi connectivity index (χ1n) is 8.31. The lowest BCUT2D eigenvalue weighted by Gasteiger charge is -2.11. The second-order valence-corrected chi connectivity index (χ2v) is 8.69. The van der Waals surface area contributed by atoms with E-state index in [1.807, 2.05) is 53.9 Å². The van der Waals surface area contributed by atoms with Crippen molar-refractivity contribution in [3.8, 4) is 11.1 Å². The Morgan fingerprint density at radius 2 is 1.63 bits per heavy atom. The Morgan fingerprint density at radius 3 is 2.19 bits per heavy atom. The number of carbonyl (C=O) groups is 2. The molecule has 0 aliphatic carbocycles. The molecule has 138 valence electrons. The van der Waals surface area contributed by atoms with Crippen molar-refractivity contribution in [3.05, 3.63) is 76.6 Å². The van der Waals surface area contributed by atoms with Gasteiger partial charge in [-0.1, -0.05) is 54.1 Å². The van der Waals surface area contributed by atoms with E-state index in [0.29, 0.717) is 16.3 Å². The zero-order chi connectivity index (χ0) is 19.2. The number of thiophene rings is 1. The second kappa shape index (κ2) is 9.22. The van der Waals surface area contributed by atoms with E-state index in [0.717, 1.165) is 15.3 Å². The highest BCUT2D eigenvalue weighted by atomic mass is 35.5. The highest BCUT2D eigenvalue weighted by Crippen LogP contribution is 2.27. The monoisotopic (exact) mass is 416 g/mol. The first-order chi connectivity index (χ1) is 13.0. The van der Waals surface area contributed by atoms with Gasteiger partial charge in [0.15, 0.2) is 5.78 Å². The van der Waals surface area contributed by atoms with E-state index in [4.69, 9.17) is 11.6 Å². The second-order valence-electron chi connectivity index (χ2n) is 5.99. The van der Waals surface area contributed by atoms with Gasteiger partial charge in [0, 0.05) is 22.8 Å². The van der Waals surface area contributed by atoms with E-state index in [-0.39, 0.29) is 12.2 Å². The zero-order valence-corrected chi connectivity index (χ0v) is 16.7. The summed E-state index contributed by atoms with van der Waals surface area (Å²) in [4.78, 5) is 24.0. The minimum Gasteiger partial charge on any atom is -0.481 e. The summed E-state index contributed by atoms with van der Waals surface area (Å²) in [5.41, 5.74) is 2.51. The van der Waals surface area contributed by atoms with Gasteiger partial charge in [-0.2, -0.15) is 0 Å². The average Bonchev–Trinajstić information content (AvgIpc) is 3.19. The van der Waals surface area contributed by atoms with Crippen LogP contribution in [0.25, 0.3) is 11.1 Å². The van der Waals surface area contributed by atoms with Gasteiger partial charge in [0.05, 0.1) is 10.1 Å². The van der Waals surface area contributed by atoms with Crippen molar-refractivity contribution < 1.29 is 14.7 Å². The molecule has 0 saturated heterocycles. The highest BCUT2D eigenvalue weighted by molar-refractivity contribution is 8.01. The Bertz CT molecular complexity index is 904. The normalized spacial score (nSPS) is 11.9. The number of Topliss-reactive ketones (excluding diaryl/α,β-unsaturated/α-hetero) is 1. The average molecular weight is 417 g/mol. The van der Waals surface area contributed by atoms with Crippen molar-refractivity contribution in [1.82, 2.24) is 0 Å². The molecule has 0 aliphatic rings. The number of carboxylic acids is 1. The molecule has 1 heterocycles. The smallest absolute Gasteiger partial charge is 0.307 e. The van der Waals surface area contributed by atoms with Gasteiger partial charge in [-0.25, -0.2) is 0 Å². The molecule has 0 saturated carbocycles. The molecule has 3 nitrogen and oxygen atoms in total. The molecule has 1 N–H and O–H groups in total. The van der Waals surface area contributed by atoms with Gasteiger partial charge in [-0.05, 0) is 34.7 Å². The molecule has 1 unspecified atom stereocenters. The number of benzene rings is 2. The zero-order valence-electron chi connectivity index (χ0n) is 14.3. The molecule has 27 heavy (non-hydrogen) atoms. The predicted octanol–water partition coefficient (Wildman–Crippen LogP) is 6.13. The van der Waals surface area contributed by atoms with Crippen LogP contribution in [0.1, 0.15) is 16.8 Å². The number of hydrogen-bond donors (Lipinski definition) is 1. The van der Waals surface area contributed by atoms with Gasteiger partial charge in [-0.3, -0.25) is 9.59 Å². The summed E-state index contributed by atoms with van der Waals surface area (Å²) in [6.45, 7) is 0. The van der Waals surface area contributed by atoms with Crippen molar-refractivity contribution >= 4 is 46.5 Å². The summed E-state index contributed by atoms with van der Waals surface area (Å²) < 4.78 is 1.06. The van der Waals surface area contributed by atoms with Crippen LogP contribution in [0.3, 0.4) is 0 Å². The quantitative estimate of drug-likeness (QED) is 0.354. The Balaban J connectivity index is 1.65. The third-order valence-electron chi connectivity index (χ3n) is 4.09. The van der Waals surface area contributed by atoms with E-state index < -0.39 is 11.9 Å². The van der Waals surface area contributed by atoms with Gasteiger partial charge in [0.25, 0.3) is 0 Å². The molecule has 6 heteroatoms. The molecule has 0 spiro atoms. The fraction of sp³-hybridized carbons (Fsp3) is 0.143. The largest absolute Gasteiger partial charge is 0.481 e. The van der Waals surface area contributed by atoms with Gasteiger partial charge < -0.3 is 5.11 Å². The molecular formula is C21H17ClO3S2. The third-order valence-corrected chi connectivity index (χ3v) is 6.63. The van der Waals surface area contributed by atoms with Crippen LogP contribution in [0.2, 0.25) is 5.02 Å². The van der Waals surface area contributed by atoms with Gasteiger partial charge >= 0.3 is 5.97 Å². The van der Waals surface area contributed by atoms with E-state index >= 15 is 0 Å². The van der Waals surface area contributed by atoms with E-state index in [1.54, 1.807) is 23.5 Å². The number of hydrogen-bond acceptors (Lipinski definition) is 4. The van der Waals surface area contributed by atoms with Crippen LogP contribution in [-0.2, 0) is 4.79 Å². The van der Waals surface area contributed by atoms with Crippen molar-refractivity contribution in [3.63, 3.8) is 0 Å². The molecule has 0 fully saturated rings. The Morgan fingerprint density at radius 1 is 1.00 bits per heavy atom. The van der Waals surface area contributed by atoms with Crippen molar-refractivity contribution in [2.75, 3.05) is 5.75 Å². The maximum Gasteiger partial charge on any atom is 0.307 e. The topological polar surface area (TPSA) is 54.4 Å². The first kappa shape index (κ1) is 19.7. The van der Waals surface area contributed by atoms with Crippen molar-refractivity contribution in [1.29, 1.82) is 0 Å². The third kappa shape index (κ3) is 5.45. The molecule has 0 aliphatic heterocycles. The van der Waals surface area contributed by atoms with Crippen molar-refractivity contribution in [2.45, 2.75) is 10.6 Å². The SMILES string of the molecule is O=C(CC(CSc1cccs1)C(=O)O)c1ccc(-c2ccc(Cl)cc2)cc1. The van der Waals surface area contributed by atoms with Crippen LogP contribution >= 0.6 is 34.7 Å². The maximum atomic E-state index is 12.5. The Hall–Kier alpha value is -2.08. The first-order valence-corrected chi connectivity index (χ1v) is 10.6.